The van der Waals surface area contributed by atoms with Gasteiger partial charge in [0.25, 0.3) is 0 Å². The minimum atomic E-state index is -0.0819. The molecule has 0 spiro atoms. The predicted octanol–water partition coefficient (Wildman–Crippen LogP) is 15.5. The van der Waals surface area contributed by atoms with E-state index in [0.29, 0.717) is 0 Å². The molecule has 65 heavy (non-hydrogen) atoms. The van der Waals surface area contributed by atoms with Crippen molar-refractivity contribution in [3.63, 3.8) is 0 Å². The summed E-state index contributed by atoms with van der Waals surface area (Å²) in [6.07, 6.45) is 4.08. The summed E-state index contributed by atoms with van der Waals surface area (Å²) in [6, 6.07) is 75.5. The lowest BCUT2D eigenvalue weighted by atomic mass is 9.82. The number of hydrogen-bond acceptors (Lipinski definition) is 2. The maximum atomic E-state index is 5.08. The van der Waals surface area contributed by atoms with Crippen LogP contribution in [0, 0.1) is 0 Å². The van der Waals surface area contributed by atoms with Crippen LogP contribution in [-0.4, -0.2) is 10.8 Å². The Labute approximate surface area is 379 Å². The number of nitrogens with zero attached hydrogens (tertiary/aromatic N) is 2. The molecule has 0 radical (unpaired) electrons. The molecule has 0 amide bonds. The molecule has 1 aliphatic heterocycles. The van der Waals surface area contributed by atoms with E-state index in [1.54, 1.807) is 0 Å². The van der Waals surface area contributed by atoms with Gasteiger partial charge in [-0.3, -0.25) is 0 Å². The number of allylic oxidation sites excluding steroid dienone is 1. The van der Waals surface area contributed by atoms with E-state index in [9.17, 15) is 0 Å². The van der Waals surface area contributed by atoms with E-state index in [0.717, 1.165) is 22.5 Å². The SMILES string of the molecule is CC1(C)c2ccccc2-c2ccc(-n3c4ccccc4c4ccc(-c5ccc6c(c5)-c5ccccc5/C6=C5\N=CC(c6ccc(-c7cccc(-c8ccccc8)c7)cc6)=CN5)cc43)cc21. The highest BCUT2D eigenvalue weighted by atomic mass is 15.0. The van der Waals surface area contributed by atoms with Crippen molar-refractivity contribution in [1.82, 2.24) is 9.88 Å². The minimum Gasteiger partial charge on any atom is -0.345 e. The van der Waals surface area contributed by atoms with Crippen LogP contribution in [0.1, 0.15) is 41.7 Å². The first-order valence-electron chi connectivity index (χ1n) is 22.5. The molecule has 0 atom stereocenters. The average molecular weight is 830 g/mol. The maximum absolute atomic E-state index is 5.08. The van der Waals surface area contributed by atoms with Crippen LogP contribution in [0.5, 0.6) is 0 Å². The van der Waals surface area contributed by atoms with Crippen LogP contribution in [0.25, 0.3) is 94.3 Å². The first kappa shape index (κ1) is 37.3. The van der Waals surface area contributed by atoms with E-state index < -0.39 is 0 Å². The number of aromatic nitrogens is 1. The Hall–Kier alpha value is -8.27. The fraction of sp³-hybridized carbons (Fsp3) is 0.0484. The van der Waals surface area contributed by atoms with Gasteiger partial charge in [0.1, 0.15) is 5.82 Å². The largest absolute Gasteiger partial charge is 0.345 e. The van der Waals surface area contributed by atoms with E-state index >= 15 is 0 Å². The van der Waals surface area contributed by atoms with E-state index in [1.807, 2.05) is 6.21 Å². The second kappa shape index (κ2) is 14.4. The molecule has 2 heterocycles. The Morgan fingerprint density at radius 3 is 1.80 bits per heavy atom. The van der Waals surface area contributed by atoms with Crippen LogP contribution in [0.3, 0.4) is 0 Å². The molecule has 1 aromatic heterocycles. The number of nitrogens with one attached hydrogen (secondary N) is 1. The highest BCUT2D eigenvalue weighted by Crippen LogP contribution is 2.50. The zero-order valence-corrected chi connectivity index (χ0v) is 36.2. The normalized spacial score (nSPS) is 15.3. The van der Waals surface area contributed by atoms with Gasteiger partial charge in [0.05, 0.1) is 11.0 Å². The first-order valence-corrected chi connectivity index (χ1v) is 22.5. The van der Waals surface area contributed by atoms with Gasteiger partial charge in [-0.2, -0.15) is 0 Å². The summed E-state index contributed by atoms with van der Waals surface area (Å²) in [6.45, 7) is 4.72. The lowest BCUT2D eigenvalue weighted by Crippen LogP contribution is -2.15. The third-order valence-corrected chi connectivity index (χ3v) is 14.1. The molecule has 0 bridgehead atoms. The zero-order valence-electron chi connectivity index (χ0n) is 36.2. The third-order valence-electron chi connectivity index (χ3n) is 14.1. The molecule has 306 valence electrons. The van der Waals surface area contributed by atoms with E-state index in [-0.39, 0.29) is 5.41 Å². The van der Waals surface area contributed by atoms with Crippen molar-refractivity contribution in [2.45, 2.75) is 19.3 Å². The topological polar surface area (TPSA) is 29.3 Å². The molecule has 1 N–H and O–H groups in total. The molecule has 3 nitrogen and oxygen atoms in total. The zero-order chi connectivity index (χ0) is 43.2. The molecular formula is C62H43N3. The summed E-state index contributed by atoms with van der Waals surface area (Å²) in [5.74, 6) is 0.855. The van der Waals surface area contributed by atoms with Crippen LogP contribution in [0.2, 0.25) is 0 Å². The highest BCUT2D eigenvalue weighted by Gasteiger charge is 2.35. The molecule has 0 saturated carbocycles. The number of para-hydroxylation sites is 1. The van der Waals surface area contributed by atoms with Gasteiger partial charge in [-0.25, -0.2) is 4.99 Å². The first-order chi connectivity index (χ1) is 32.0. The van der Waals surface area contributed by atoms with Gasteiger partial charge in [-0.1, -0.05) is 184 Å². The average Bonchev–Trinajstić information content (AvgIpc) is 3.96. The molecule has 2 aliphatic carbocycles. The molecule has 10 aromatic rings. The van der Waals surface area contributed by atoms with Crippen molar-refractivity contribution in [1.29, 1.82) is 0 Å². The number of rotatable bonds is 5. The van der Waals surface area contributed by atoms with Gasteiger partial charge in [-0.15, -0.1) is 0 Å². The Bertz CT molecular complexity index is 3690. The molecule has 13 rings (SSSR count). The standard InChI is InChI=1S/C62H43N3/c1-62(2)56-21-10-8-18-49(56)50-32-29-47(36-57(50)62)65-58-22-11-9-19-51(58)52-30-27-45(35-59(52)65)44-28-31-54-55(34-44)48-17-6-7-20-53(48)60(54)61-63-37-46(38-64-61)41-25-23-40(24-26-41)43-16-12-15-42(33-43)39-13-4-3-5-14-39/h3-38,63H,1-2H3/b61-60+. The van der Waals surface area contributed by atoms with E-state index in [4.69, 9.17) is 4.99 Å². The van der Waals surface area contributed by atoms with Crippen LogP contribution >= 0.6 is 0 Å². The second-order valence-corrected chi connectivity index (χ2v) is 18.0. The Morgan fingerprint density at radius 2 is 0.985 bits per heavy atom. The van der Waals surface area contributed by atoms with Gasteiger partial charge in [-0.05, 0) is 120 Å². The summed E-state index contributed by atoms with van der Waals surface area (Å²) < 4.78 is 2.46. The number of aliphatic imine (C=N–C) groups is 1. The van der Waals surface area contributed by atoms with Crippen LogP contribution in [0.4, 0.5) is 0 Å². The summed E-state index contributed by atoms with van der Waals surface area (Å²) in [4.78, 5) is 5.08. The van der Waals surface area contributed by atoms with Gasteiger partial charge in [0, 0.05) is 45.4 Å². The lowest BCUT2D eigenvalue weighted by Gasteiger charge is -2.22. The molecule has 0 fully saturated rings. The molecule has 0 unspecified atom stereocenters. The van der Waals surface area contributed by atoms with Crippen molar-refractivity contribution in [3.05, 3.63) is 246 Å². The summed E-state index contributed by atoms with van der Waals surface area (Å²) >= 11 is 0. The summed E-state index contributed by atoms with van der Waals surface area (Å²) in [5.41, 5.74) is 24.3. The molecule has 3 heteroatoms. The van der Waals surface area contributed by atoms with E-state index in [1.165, 1.54) is 105 Å². The van der Waals surface area contributed by atoms with Gasteiger partial charge < -0.3 is 9.88 Å². The van der Waals surface area contributed by atoms with Crippen LogP contribution in [-0.2, 0) is 5.41 Å². The maximum Gasteiger partial charge on any atom is 0.138 e. The minimum absolute atomic E-state index is 0.0819. The van der Waals surface area contributed by atoms with Gasteiger partial charge >= 0.3 is 0 Å². The van der Waals surface area contributed by atoms with E-state index in [2.05, 4.69) is 236 Å². The number of benzene rings is 9. The molecule has 0 saturated heterocycles. The predicted molar refractivity (Wildman–Crippen MR) is 272 cm³/mol. The Kier molecular flexibility index (Phi) is 8.25. The Morgan fingerprint density at radius 1 is 0.400 bits per heavy atom. The lowest BCUT2D eigenvalue weighted by molar-refractivity contribution is 0.660. The van der Waals surface area contributed by atoms with Crippen molar-refractivity contribution in [3.8, 4) is 61.3 Å². The third kappa shape index (κ3) is 5.86. The van der Waals surface area contributed by atoms with Gasteiger partial charge in [0.15, 0.2) is 0 Å². The quantitative estimate of drug-likeness (QED) is 0.184. The summed E-state index contributed by atoms with van der Waals surface area (Å²) in [5, 5.41) is 6.12. The number of fused-ring (bicyclic) bond motifs is 9. The monoisotopic (exact) mass is 829 g/mol. The van der Waals surface area contributed by atoms with Crippen molar-refractivity contribution in [2.24, 2.45) is 4.99 Å². The van der Waals surface area contributed by atoms with Crippen molar-refractivity contribution < 1.29 is 0 Å². The smallest absolute Gasteiger partial charge is 0.138 e. The fourth-order valence-corrected chi connectivity index (χ4v) is 10.8. The van der Waals surface area contributed by atoms with Crippen molar-refractivity contribution in [2.75, 3.05) is 0 Å². The summed E-state index contributed by atoms with van der Waals surface area (Å²) in [7, 11) is 0. The van der Waals surface area contributed by atoms with Crippen LogP contribution < -0.4 is 5.32 Å². The number of hydrogen-bond donors (Lipinski definition) is 1. The fourth-order valence-electron chi connectivity index (χ4n) is 10.8. The Balaban J connectivity index is 0.838. The van der Waals surface area contributed by atoms with Crippen molar-refractivity contribution >= 4 is 39.2 Å². The molecular weight excluding hydrogens is 787 g/mol. The highest BCUT2D eigenvalue weighted by molar-refractivity contribution is 6.13. The van der Waals surface area contributed by atoms with Crippen LogP contribution in [0.15, 0.2) is 223 Å². The molecule has 3 aliphatic rings. The molecule has 9 aromatic carbocycles. The van der Waals surface area contributed by atoms with Gasteiger partial charge in [0.2, 0.25) is 0 Å². The second-order valence-electron chi connectivity index (χ2n) is 18.0.